The second-order valence-corrected chi connectivity index (χ2v) is 4.34. The average molecular weight is 284 g/mol. The number of nitrogens with zero attached hydrogens (tertiary/aromatic N) is 3. The Morgan fingerprint density at radius 2 is 2.35 bits per heavy atom. The lowest BCUT2D eigenvalue weighted by Gasteiger charge is -2.32. The SMILES string of the molecule is Cc1noc(CCNC(=O)N2CCOCC2C(=O)O)n1. The molecule has 1 aliphatic heterocycles. The highest BCUT2D eigenvalue weighted by molar-refractivity contribution is 5.82. The Balaban J connectivity index is 1.82. The van der Waals surface area contributed by atoms with Gasteiger partial charge in [-0.3, -0.25) is 0 Å². The molecule has 0 aliphatic carbocycles. The third-order valence-corrected chi connectivity index (χ3v) is 2.86. The van der Waals surface area contributed by atoms with Gasteiger partial charge in [0, 0.05) is 19.5 Å². The van der Waals surface area contributed by atoms with E-state index in [2.05, 4.69) is 15.5 Å². The van der Waals surface area contributed by atoms with E-state index < -0.39 is 18.0 Å². The van der Waals surface area contributed by atoms with Gasteiger partial charge in [-0.25, -0.2) is 9.59 Å². The maximum absolute atomic E-state index is 11.9. The van der Waals surface area contributed by atoms with Gasteiger partial charge in [0.15, 0.2) is 11.9 Å². The predicted molar refractivity (Wildman–Crippen MR) is 65.1 cm³/mol. The molecule has 2 rings (SSSR count). The van der Waals surface area contributed by atoms with Crippen molar-refractivity contribution in [3.8, 4) is 0 Å². The number of hydrogen-bond donors (Lipinski definition) is 2. The number of aryl methyl sites for hydroxylation is 1. The predicted octanol–water partition coefficient (Wildman–Crippen LogP) is -0.584. The molecule has 1 saturated heterocycles. The van der Waals surface area contributed by atoms with E-state index in [-0.39, 0.29) is 13.2 Å². The number of carbonyl (C=O) groups excluding carboxylic acids is 1. The van der Waals surface area contributed by atoms with Gasteiger partial charge in [0.1, 0.15) is 0 Å². The number of carboxylic acid groups (broad SMARTS) is 1. The molecule has 2 N–H and O–H groups in total. The molecule has 20 heavy (non-hydrogen) atoms. The number of carbonyl (C=O) groups is 2. The summed E-state index contributed by atoms with van der Waals surface area (Å²) in [7, 11) is 0. The highest BCUT2D eigenvalue weighted by atomic mass is 16.5. The molecule has 9 nitrogen and oxygen atoms in total. The van der Waals surface area contributed by atoms with E-state index in [9.17, 15) is 9.59 Å². The molecule has 1 unspecified atom stereocenters. The lowest BCUT2D eigenvalue weighted by Crippen LogP contribution is -2.55. The Morgan fingerprint density at radius 1 is 1.55 bits per heavy atom. The van der Waals surface area contributed by atoms with Gasteiger partial charge in [-0.05, 0) is 6.92 Å². The maximum Gasteiger partial charge on any atom is 0.328 e. The quantitative estimate of drug-likeness (QED) is 0.759. The van der Waals surface area contributed by atoms with Crippen molar-refractivity contribution in [1.82, 2.24) is 20.4 Å². The fraction of sp³-hybridized carbons (Fsp3) is 0.636. The molecule has 2 heterocycles. The van der Waals surface area contributed by atoms with Crippen LogP contribution in [0.4, 0.5) is 4.79 Å². The van der Waals surface area contributed by atoms with Crippen LogP contribution < -0.4 is 5.32 Å². The second-order valence-electron chi connectivity index (χ2n) is 4.34. The summed E-state index contributed by atoms with van der Waals surface area (Å²) in [5.41, 5.74) is 0. The first kappa shape index (κ1) is 14.3. The standard InChI is InChI=1S/C11H16N4O5/c1-7-13-9(20-14-7)2-3-12-11(18)15-4-5-19-6-8(15)10(16)17/h8H,2-6H2,1H3,(H,12,18)(H,16,17). The van der Waals surface area contributed by atoms with Gasteiger partial charge in [-0.15, -0.1) is 0 Å². The first-order valence-corrected chi connectivity index (χ1v) is 6.22. The molecular weight excluding hydrogens is 268 g/mol. The molecule has 0 spiro atoms. The fourth-order valence-corrected chi connectivity index (χ4v) is 1.87. The summed E-state index contributed by atoms with van der Waals surface area (Å²) in [4.78, 5) is 28.2. The summed E-state index contributed by atoms with van der Waals surface area (Å²) in [6.45, 7) is 2.59. The van der Waals surface area contributed by atoms with Crippen molar-refractivity contribution in [3.05, 3.63) is 11.7 Å². The zero-order valence-corrected chi connectivity index (χ0v) is 11.0. The van der Waals surface area contributed by atoms with E-state index in [4.69, 9.17) is 14.4 Å². The number of ether oxygens (including phenoxy) is 1. The molecule has 110 valence electrons. The van der Waals surface area contributed by atoms with E-state index in [1.165, 1.54) is 4.90 Å². The first-order chi connectivity index (χ1) is 9.58. The van der Waals surface area contributed by atoms with Gasteiger partial charge in [-0.1, -0.05) is 5.16 Å². The van der Waals surface area contributed by atoms with Gasteiger partial charge >= 0.3 is 12.0 Å². The number of amides is 2. The minimum atomic E-state index is -1.08. The van der Waals surface area contributed by atoms with Crippen molar-refractivity contribution < 1.29 is 24.0 Å². The van der Waals surface area contributed by atoms with Crippen LogP contribution in [0, 0.1) is 6.92 Å². The monoisotopic (exact) mass is 284 g/mol. The van der Waals surface area contributed by atoms with Gasteiger partial charge < -0.3 is 24.6 Å². The molecule has 1 fully saturated rings. The molecule has 2 amide bonds. The van der Waals surface area contributed by atoms with E-state index in [0.29, 0.717) is 31.3 Å². The summed E-state index contributed by atoms with van der Waals surface area (Å²) in [6, 6.07) is -1.38. The minimum Gasteiger partial charge on any atom is -0.480 e. The Bertz CT molecular complexity index is 489. The van der Waals surface area contributed by atoms with Crippen molar-refractivity contribution in [3.63, 3.8) is 0 Å². The van der Waals surface area contributed by atoms with Crippen LogP contribution in [0.3, 0.4) is 0 Å². The Hall–Kier alpha value is -2.16. The highest BCUT2D eigenvalue weighted by Crippen LogP contribution is 2.07. The number of aromatic nitrogens is 2. The van der Waals surface area contributed by atoms with Crippen LogP contribution in [0.15, 0.2) is 4.52 Å². The van der Waals surface area contributed by atoms with Crippen LogP contribution >= 0.6 is 0 Å². The number of morpholine rings is 1. The van der Waals surface area contributed by atoms with Gasteiger partial charge in [-0.2, -0.15) is 4.98 Å². The average Bonchev–Trinajstić information content (AvgIpc) is 2.84. The molecule has 0 bridgehead atoms. The number of carboxylic acids is 1. The number of rotatable bonds is 4. The van der Waals surface area contributed by atoms with Crippen LogP contribution in [0.5, 0.6) is 0 Å². The van der Waals surface area contributed by atoms with E-state index in [1.54, 1.807) is 6.92 Å². The Kier molecular flexibility index (Phi) is 4.51. The van der Waals surface area contributed by atoms with Crippen LogP contribution in [0.25, 0.3) is 0 Å². The summed E-state index contributed by atoms with van der Waals surface area (Å²) in [6.07, 6.45) is 0.397. The molecule has 9 heteroatoms. The van der Waals surface area contributed by atoms with Gasteiger partial charge in [0.05, 0.1) is 13.2 Å². The third-order valence-electron chi connectivity index (χ3n) is 2.86. The zero-order valence-electron chi connectivity index (χ0n) is 11.0. The van der Waals surface area contributed by atoms with Crippen molar-refractivity contribution in [2.24, 2.45) is 0 Å². The molecule has 1 atom stereocenters. The fourth-order valence-electron chi connectivity index (χ4n) is 1.87. The molecule has 1 aliphatic rings. The summed E-state index contributed by atoms with van der Waals surface area (Å²) in [5.74, 6) is -0.114. The third kappa shape index (κ3) is 3.44. The van der Waals surface area contributed by atoms with Crippen molar-refractivity contribution in [1.29, 1.82) is 0 Å². The van der Waals surface area contributed by atoms with E-state index in [0.717, 1.165) is 0 Å². The van der Waals surface area contributed by atoms with Gasteiger partial charge in [0.25, 0.3) is 0 Å². The number of hydrogen-bond acceptors (Lipinski definition) is 6. The van der Waals surface area contributed by atoms with Crippen LogP contribution in [0.1, 0.15) is 11.7 Å². The molecule has 0 saturated carbocycles. The summed E-state index contributed by atoms with van der Waals surface area (Å²) < 4.78 is 9.98. The molecule has 0 radical (unpaired) electrons. The molecule has 0 aromatic carbocycles. The number of urea groups is 1. The Morgan fingerprint density at radius 3 is 3.00 bits per heavy atom. The molecule has 1 aromatic rings. The highest BCUT2D eigenvalue weighted by Gasteiger charge is 2.32. The lowest BCUT2D eigenvalue weighted by molar-refractivity contribution is -0.147. The first-order valence-electron chi connectivity index (χ1n) is 6.22. The van der Waals surface area contributed by atoms with Crippen molar-refractivity contribution in [2.45, 2.75) is 19.4 Å². The second kappa shape index (κ2) is 6.33. The summed E-state index contributed by atoms with van der Waals surface area (Å²) >= 11 is 0. The largest absolute Gasteiger partial charge is 0.480 e. The number of nitrogens with one attached hydrogen (secondary N) is 1. The molecule has 1 aromatic heterocycles. The maximum atomic E-state index is 11.9. The van der Waals surface area contributed by atoms with Crippen LogP contribution in [-0.2, 0) is 16.0 Å². The van der Waals surface area contributed by atoms with E-state index >= 15 is 0 Å². The summed E-state index contributed by atoms with van der Waals surface area (Å²) in [5, 5.41) is 15.3. The normalized spacial score (nSPS) is 18.9. The van der Waals surface area contributed by atoms with Crippen molar-refractivity contribution >= 4 is 12.0 Å². The zero-order chi connectivity index (χ0) is 14.5. The minimum absolute atomic E-state index is 0.00556. The van der Waals surface area contributed by atoms with Gasteiger partial charge in [0.2, 0.25) is 5.89 Å². The van der Waals surface area contributed by atoms with E-state index in [1.807, 2.05) is 0 Å². The van der Waals surface area contributed by atoms with Crippen molar-refractivity contribution in [2.75, 3.05) is 26.3 Å². The lowest BCUT2D eigenvalue weighted by atomic mass is 10.2. The van der Waals surface area contributed by atoms with Crippen LogP contribution in [-0.4, -0.2) is 64.5 Å². The smallest absolute Gasteiger partial charge is 0.328 e. The van der Waals surface area contributed by atoms with Crippen LogP contribution in [0.2, 0.25) is 0 Å². The molecular formula is C11H16N4O5. The number of aliphatic carboxylic acids is 1. The Labute approximate surface area is 114 Å². The topological polar surface area (TPSA) is 118 Å².